The lowest BCUT2D eigenvalue weighted by Gasteiger charge is -2.61. The lowest BCUT2D eigenvalue weighted by molar-refractivity contribution is -0.169. The molecule has 0 saturated carbocycles. The number of fused-ring (bicyclic) bond motifs is 10. The zero-order valence-corrected chi connectivity index (χ0v) is 29.0. The Hall–Kier alpha value is -4.19. The molecule has 13 nitrogen and oxygen atoms in total. The first-order valence-electron chi connectivity index (χ1n) is 16.4. The highest BCUT2D eigenvalue weighted by molar-refractivity contribution is 7.99. The van der Waals surface area contributed by atoms with Gasteiger partial charge < -0.3 is 33.5 Å². The van der Waals surface area contributed by atoms with Crippen LogP contribution in [0, 0.1) is 25.2 Å². The molecular weight excluding hydrogens is 654 g/mol. The van der Waals surface area contributed by atoms with Gasteiger partial charge in [-0.1, -0.05) is 13.0 Å². The number of carbonyl (C=O) groups excluding carboxylic acids is 3. The molecule has 2 saturated heterocycles. The van der Waals surface area contributed by atoms with Crippen molar-refractivity contribution in [3.8, 4) is 34.8 Å². The number of carbonyl (C=O) groups is 3. The molecule has 2 fully saturated rings. The van der Waals surface area contributed by atoms with Crippen LogP contribution in [0.2, 0.25) is 0 Å². The van der Waals surface area contributed by atoms with Crippen LogP contribution < -0.4 is 18.9 Å². The van der Waals surface area contributed by atoms with Gasteiger partial charge in [0.15, 0.2) is 23.0 Å². The van der Waals surface area contributed by atoms with E-state index in [1.54, 1.807) is 6.92 Å². The first kappa shape index (κ1) is 33.3. The first-order valence-corrected chi connectivity index (χ1v) is 17.5. The number of ether oxygens (including phenoxy) is 6. The van der Waals surface area contributed by atoms with E-state index in [-0.39, 0.29) is 37.4 Å². The molecule has 0 radical (unpaired) electrons. The molecule has 6 heterocycles. The number of piperazine rings is 1. The van der Waals surface area contributed by atoms with Crippen LogP contribution >= 0.6 is 11.8 Å². The van der Waals surface area contributed by atoms with Crippen molar-refractivity contribution >= 4 is 29.7 Å². The second kappa shape index (κ2) is 12.6. The van der Waals surface area contributed by atoms with Crippen LogP contribution in [0.5, 0.6) is 28.7 Å². The van der Waals surface area contributed by atoms with E-state index in [9.17, 15) is 24.8 Å². The predicted molar refractivity (Wildman–Crippen MR) is 175 cm³/mol. The predicted octanol–water partition coefficient (Wildman–Crippen LogP) is 3.94. The zero-order valence-electron chi connectivity index (χ0n) is 28.2. The maximum absolute atomic E-state index is 13.6. The summed E-state index contributed by atoms with van der Waals surface area (Å²) in [6, 6.07) is 1.85. The minimum Gasteiger partial charge on any atom is -0.504 e. The third-order valence-electron chi connectivity index (χ3n) is 10.3. The van der Waals surface area contributed by atoms with Gasteiger partial charge in [0, 0.05) is 53.4 Å². The number of thioether (sulfide) groups is 1. The van der Waals surface area contributed by atoms with E-state index in [0.717, 1.165) is 11.1 Å². The molecule has 0 amide bonds. The number of aryl methyl sites for hydroxylation is 1. The smallest absolute Gasteiger partial charge is 0.348 e. The fraction of sp³-hybridized carbons (Fsp3) is 0.543. The average molecular weight is 694 g/mol. The minimum atomic E-state index is -1.19. The molecule has 49 heavy (non-hydrogen) atoms. The Labute approximate surface area is 288 Å². The van der Waals surface area contributed by atoms with Gasteiger partial charge in [0.2, 0.25) is 12.9 Å². The molecule has 1 unspecified atom stereocenters. The molecule has 7 atom stereocenters. The number of benzene rings is 2. The fourth-order valence-corrected chi connectivity index (χ4v) is 9.93. The van der Waals surface area contributed by atoms with Gasteiger partial charge in [-0.2, -0.15) is 5.26 Å². The van der Waals surface area contributed by atoms with Crippen molar-refractivity contribution in [1.82, 2.24) is 9.80 Å². The Morgan fingerprint density at radius 2 is 1.90 bits per heavy atom. The molecule has 1 N–H and O–H groups in total. The van der Waals surface area contributed by atoms with Crippen molar-refractivity contribution in [1.29, 1.82) is 5.26 Å². The summed E-state index contributed by atoms with van der Waals surface area (Å²) in [5, 5.41) is 22.2. The molecule has 2 aromatic carbocycles. The largest absolute Gasteiger partial charge is 0.504 e. The van der Waals surface area contributed by atoms with Crippen molar-refractivity contribution in [2.75, 3.05) is 33.3 Å². The summed E-state index contributed by atoms with van der Waals surface area (Å²) in [5.41, 5.74) is 4.23. The van der Waals surface area contributed by atoms with Gasteiger partial charge in [0.1, 0.15) is 18.4 Å². The van der Waals surface area contributed by atoms with E-state index in [1.807, 2.05) is 27.0 Å². The van der Waals surface area contributed by atoms with Gasteiger partial charge in [0.05, 0.1) is 30.5 Å². The highest BCUT2D eigenvalue weighted by atomic mass is 32.2. The number of hydrogen-bond donors (Lipinski definition) is 1. The topological polar surface area (TPSA) is 157 Å². The SMILES string of the molecule is CCCC(=O)O[C@H]1CS[C@@H]2c3c(OC(C)=O)c(C)c4c(c3[C@@H](COC1=O)N1C2[C@H]2c3c(cc(C)c(OC)c3O)C[C@@H]([C@@H]1C#N)N2C)OCO4. The number of methoxy groups -OCH3 is 1. The lowest BCUT2D eigenvalue weighted by Crippen LogP contribution is -2.69. The number of phenolic OH excluding ortho intramolecular Hbond substituents is 1. The molecule has 0 spiro atoms. The molecule has 260 valence electrons. The maximum atomic E-state index is 13.6. The van der Waals surface area contributed by atoms with Crippen molar-refractivity contribution in [3.05, 3.63) is 39.4 Å². The molecule has 2 aromatic rings. The number of nitrogens with zero attached hydrogens (tertiary/aromatic N) is 3. The van der Waals surface area contributed by atoms with Crippen LogP contribution in [-0.4, -0.2) is 90.4 Å². The third kappa shape index (κ3) is 5.08. The Morgan fingerprint density at radius 1 is 1.14 bits per heavy atom. The summed E-state index contributed by atoms with van der Waals surface area (Å²) < 4.78 is 35.3. The number of nitriles is 1. The second-order valence-electron chi connectivity index (χ2n) is 13.1. The van der Waals surface area contributed by atoms with E-state index in [1.165, 1.54) is 25.8 Å². The Morgan fingerprint density at radius 3 is 2.59 bits per heavy atom. The summed E-state index contributed by atoms with van der Waals surface area (Å²) in [4.78, 5) is 43.1. The summed E-state index contributed by atoms with van der Waals surface area (Å²) in [5.74, 6) is -0.135. The Bertz CT molecular complexity index is 1790. The number of rotatable bonds is 5. The molecule has 14 heteroatoms. The summed E-state index contributed by atoms with van der Waals surface area (Å²) in [7, 11) is 3.47. The highest BCUT2D eigenvalue weighted by Crippen LogP contribution is 2.64. The van der Waals surface area contributed by atoms with Crippen molar-refractivity contribution < 1.29 is 47.9 Å². The van der Waals surface area contributed by atoms with E-state index < -0.39 is 53.4 Å². The third-order valence-corrected chi connectivity index (χ3v) is 11.7. The number of phenols is 1. The van der Waals surface area contributed by atoms with Gasteiger partial charge in [-0.25, -0.2) is 4.79 Å². The average Bonchev–Trinajstić information content (AvgIpc) is 3.54. The van der Waals surface area contributed by atoms with E-state index >= 15 is 0 Å². The summed E-state index contributed by atoms with van der Waals surface area (Å²) >= 11 is 1.35. The minimum absolute atomic E-state index is 0.0214. The van der Waals surface area contributed by atoms with Crippen LogP contribution in [0.25, 0.3) is 0 Å². The lowest BCUT2D eigenvalue weighted by atomic mass is 9.71. The van der Waals surface area contributed by atoms with Crippen LogP contribution in [0.15, 0.2) is 6.07 Å². The van der Waals surface area contributed by atoms with Crippen LogP contribution in [-0.2, 0) is 30.3 Å². The van der Waals surface area contributed by atoms with Gasteiger partial charge in [-0.05, 0) is 44.9 Å². The van der Waals surface area contributed by atoms with Crippen LogP contribution in [0.3, 0.4) is 0 Å². The van der Waals surface area contributed by atoms with Crippen LogP contribution in [0.1, 0.15) is 77.4 Å². The summed E-state index contributed by atoms with van der Waals surface area (Å²) in [6.07, 6.45) is -0.00580. The van der Waals surface area contributed by atoms with Crippen molar-refractivity contribution in [2.45, 2.75) is 88.5 Å². The quantitative estimate of drug-likeness (QED) is 0.355. The fourth-order valence-electron chi connectivity index (χ4n) is 8.45. The molecule has 4 bridgehead atoms. The molecule has 6 aliphatic heterocycles. The molecule has 0 aromatic heterocycles. The number of esters is 3. The molecule has 6 aliphatic rings. The van der Waals surface area contributed by atoms with E-state index in [0.29, 0.717) is 58.1 Å². The monoisotopic (exact) mass is 693 g/mol. The second-order valence-corrected chi connectivity index (χ2v) is 14.3. The molecule has 0 aliphatic carbocycles. The first-order chi connectivity index (χ1) is 23.5. The van der Waals surface area contributed by atoms with Gasteiger partial charge in [-0.15, -0.1) is 11.8 Å². The standard InChI is InChI=1S/C35H39N3O10S/c1-7-8-23(40)48-22-13-49-34-26-25(33-32(45-14-46-33)16(3)31(26)47-17(4)39)21(12-44-35(22)42)38-20(11-36)19-10-18-9-15(2)30(43-6)29(41)24(18)27(28(34)38)37(19)5/h9,19-22,27-28,34,41H,7-8,10,12-14H2,1-6H3/t19-,20-,21+,22-,27+,28?,34+/m0/s1. The number of likely N-dealkylation sites (N-methyl/N-ethyl adjacent to an activating group) is 1. The molecular formula is C35H39N3O10S. The number of aromatic hydroxyl groups is 1. The van der Waals surface area contributed by atoms with E-state index in [2.05, 4.69) is 15.9 Å². The summed E-state index contributed by atoms with van der Waals surface area (Å²) in [6.45, 7) is 6.58. The highest BCUT2D eigenvalue weighted by Gasteiger charge is 2.60. The molecule has 8 rings (SSSR count). The Balaban J connectivity index is 1.51. The normalized spacial score (nSPS) is 28.3. The van der Waals surface area contributed by atoms with Gasteiger partial charge >= 0.3 is 17.9 Å². The van der Waals surface area contributed by atoms with Crippen molar-refractivity contribution in [3.63, 3.8) is 0 Å². The van der Waals surface area contributed by atoms with E-state index in [4.69, 9.17) is 28.4 Å². The van der Waals surface area contributed by atoms with Crippen LogP contribution in [0.4, 0.5) is 0 Å². The zero-order chi connectivity index (χ0) is 34.9. The maximum Gasteiger partial charge on any atom is 0.348 e. The number of hydrogen-bond acceptors (Lipinski definition) is 14. The van der Waals surface area contributed by atoms with Crippen molar-refractivity contribution in [2.24, 2.45) is 0 Å². The van der Waals surface area contributed by atoms with Gasteiger partial charge in [0.25, 0.3) is 0 Å². The Kier molecular flexibility index (Phi) is 8.57. The van der Waals surface area contributed by atoms with Gasteiger partial charge in [-0.3, -0.25) is 19.4 Å².